The van der Waals surface area contributed by atoms with Crippen LogP contribution in [0, 0.1) is 0 Å². The summed E-state index contributed by atoms with van der Waals surface area (Å²) in [5, 5.41) is 8.06. The lowest BCUT2D eigenvalue weighted by Crippen LogP contribution is -2.23. The van der Waals surface area contributed by atoms with Gasteiger partial charge in [0.25, 0.3) is 5.56 Å². The molecule has 2 heterocycles. The molecular formula is C16H18N4O2. The van der Waals surface area contributed by atoms with Gasteiger partial charge in [-0.3, -0.25) is 14.7 Å². The summed E-state index contributed by atoms with van der Waals surface area (Å²) in [6.45, 7) is 1.50. The normalized spacial score (nSPS) is 11.6. The van der Waals surface area contributed by atoms with E-state index in [1.807, 2.05) is 38.4 Å². The van der Waals surface area contributed by atoms with E-state index in [1.54, 1.807) is 4.57 Å². The molecule has 0 aliphatic heterocycles. The molecule has 0 aliphatic rings. The van der Waals surface area contributed by atoms with Crippen LogP contribution in [0.3, 0.4) is 0 Å². The third-order valence-electron chi connectivity index (χ3n) is 3.81. The minimum Gasteiger partial charge on any atom is -0.309 e. The highest BCUT2D eigenvalue weighted by Gasteiger charge is 2.16. The molecule has 0 aliphatic carbocycles. The van der Waals surface area contributed by atoms with E-state index in [1.165, 1.54) is 0 Å². The molecule has 22 heavy (non-hydrogen) atoms. The van der Waals surface area contributed by atoms with Gasteiger partial charge in [0.2, 0.25) is 0 Å². The Hall–Kier alpha value is -2.47. The zero-order valence-corrected chi connectivity index (χ0v) is 12.7. The number of aromatic amines is 1. The van der Waals surface area contributed by atoms with Crippen molar-refractivity contribution in [1.82, 2.24) is 19.7 Å². The number of hydrogen-bond donors (Lipinski definition) is 1. The first kappa shape index (κ1) is 14.5. The second-order valence-electron chi connectivity index (χ2n) is 5.61. The monoisotopic (exact) mass is 298 g/mol. The minimum absolute atomic E-state index is 0.164. The number of benzene rings is 1. The van der Waals surface area contributed by atoms with E-state index in [9.17, 15) is 9.59 Å². The van der Waals surface area contributed by atoms with Gasteiger partial charge in [-0.25, -0.2) is 0 Å². The number of nitrogens with zero attached hydrogens (tertiary/aromatic N) is 3. The lowest BCUT2D eigenvalue weighted by atomic mass is 10.1. The molecule has 0 amide bonds. The molecule has 0 unspecified atom stereocenters. The summed E-state index contributed by atoms with van der Waals surface area (Å²) in [5.41, 5.74) is 1.49. The molecule has 0 radical (unpaired) electrons. The van der Waals surface area contributed by atoms with Crippen LogP contribution in [0.1, 0.15) is 16.9 Å². The molecule has 0 spiro atoms. The minimum atomic E-state index is -0.164. The molecule has 114 valence electrons. The molecule has 2 aromatic heterocycles. The molecule has 3 rings (SSSR count). The van der Waals surface area contributed by atoms with Crippen molar-refractivity contribution in [3.05, 3.63) is 40.3 Å². The van der Waals surface area contributed by atoms with Crippen LogP contribution >= 0.6 is 0 Å². The standard InChI is InChI=1S/C16H18N4O2/c1-19(2)8-5-9-20-13-7-4-3-6-11(13)15-14(16(20)22)12(10-21)17-18-15/h3-4,6-7,10H,5,8-9H2,1-2H3,(H,17,18). The largest absolute Gasteiger partial charge is 0.309 e. The summed E-state index contributed by atoms with van der Waals surface area (Å²) in [6, 6.07) is 7.66. The highest BCUT2D eigenvalue weighted by Crippen LogP contribution is 2.22. The number of rotatable bonds is 5. The van der Waals surface area contributed by atoms with Crippen LogP contribution < -0.4 is 5.56 Å². The summed E-state index contributed by atoms with van der Waals surface area (Å²) in [6.07, 6.45) is 1.51. The first-order valence-corrected chi connectivity index (χ1v) is 7.23. The van der Waals surface area contributed by atoms with Gasteiger partial charge < -0.3 is 9.47 Å². The van der Waals surface area contributed by atoms with Gasteiger partial charge in [-0.15, -0.1) is 0 Å². The second-order valence-corrected chi connectivity index (χ2v) is 5.61. The number of aldehydes is 1. The Morgan fingerprint density at radius 3 is 2.82 bits per heavy atom. The molecule has 0 fully saturated rings. The number of H-pyrrole nitrogens is 1. The summed E-state index contributed by atoms with van der Waals surface area (Å²) >= 11 is 0. The maximum Gasteiger partial charge on any atom is 0.262 e. The molecule has 1 N–H and O–H groups in total. The fourth-order valence-corrected chi connectivity index (χ4v) is 2.77. The average Bonchev–Trinajstić information content (AvgIpc) is 2.94. The van der Waals surface area contributed by atoms with E-state index in [0.29, 0.717) is 23.7 Å². The highest BCUT2D eigenvalue weighted by molar-refractivity contribution is 6.07. The topological polar surface area (TPSA) is 71.0 Å². The van der Waals surface area contributed by atoms with Gasteiger partial charge in [-0.1, -0.05) is 18.2 Å². The van der Waals surface area contributed by atoms with Crippen LogP contribution in [-0.2, 0) is 6.54 Å². The zero-order valence-electron chi connectivity index (χ0n) is 12.7. The van der Waals surface area contributed by atoms with Gasteiger partial charge in [0, 0.05) is 11.9 Å². The van der Waals surface area contributed by atoms with Crippen LogP contribution in [0.2, 0.25) is 0 Å². The van der Waals surface area contributed by atoms with Crippen molar-refractivity contribution < 1.29 is 4.79 Å². The number of aromatic nitrogens is 3. The predicted octanol–water partition coefficient (Wildman–Crippen LogP) is 1.64. The summed E-state index contributed by atoms with van der Waals surface area (Å²) < 4.78 is 1.74. The summed E-state index contributed by atoms with van der Waals surface area (Å²) in [5.74, 6) is 0. The molecule has 0 bridgehead atoms. The van der Waals surface area contributed by atoms with Crippen molar-refractivity contribution in [3.8, 4) is 0 Å². The Labute approximate surface area is 127 Å². The average molecular weight is 298 g/mol. The van der Waals surface area contributed by atoms with Crippen molar-refractivity contribution >= 4 is 28.1 Å². The summed E-state index contributed by atoms with van der Waals surface area (Å²) in [7, 11) is 4.01. The van der Waals surface area contributed by atoms with Crippen molar-refractivity contribution in [2.24, 2.45) is 0 Å². The van der Waals surface area contributed by atoms with Gasteiger partial charge in [0.05, 0.1) is 10.9 Å². The Morgan fingerprint density at radius 1 is 1.32 bits per heavy atom. The van der Waals surface area contributed by atoms with Gasteiger partial charge in [-0.2, -0.15) is 5.10 Å². The number of nitrogens with one attached hydrogen (secondary N) is 1. The first-order valence-electron chi connectivity index (χ1n) is 7.23. The molecule has 1 aromatic carbocycles. The number of pyridine rings is 1. The van der Waals surface area contributed by atoms with Crippen molar-refractivity contribution in [1.29, 1.82) is 0 Å². The maximum atomic E-state index is 12.8. The molecule has 6 nitrogen and oxygen atoms in total. The number of carbonyl (C=O) groups is 1. The van der Waals surface area contributed by atoms with E-state index in [2.05, 4.69) is 15.1 Å². The van der Waals surface area contributed by atoms with Crippen molar-refractivity contribution in [2.45, 2.75) is 13.0 Å². The third kappa shape index (κ3) is 2.31. The zero-order chi connectivity index (χ0) is 15.7. The van der Waals surface area contributed by atoms with E-state index in [-0.39, 0.29) is 11.3 Å². The molecule has 3 aromatic rings. The maximum absolute atomic E-state index is 12.8. The van der Waals surface area contributed by atoms with E-state index >= 15 is 0 Å². The van der Waals surface area contributed by atoms with Crippen molar-refractivity contribution in [2.75, 3.05) is 20.6 Å². The molecule has 0 saturated heterocycles. The lowest BCUT2D eigenvalue weighted by Gasteiger charge is -2.13. The van der Waals surface area contributed by atoms with Gasteiger partial charge in [0.15, 0.2) is 6.29 Å². The number of carbonyl (C=O) groups excluding carboxylic acids is 1. The van der Waals surface area contributed by atoms with Gasteiger partial charge in [-0.05, 0) is 33.1 Å². The third-order valence-corrected chi connectivity index (χ3v) is 3.81. The Balaban J connectivity index is 2.25. The number of para-hydroxylation sites is 1. The number of fused-ring (bicyclic) bond motifs is 3. The highest BCUT2D eigenvalue weighted by atomic mass is 16.1. The fourth-order valence-electron chi connectivity index (χ4n) is 2.77. The SMILES string of the molecule is CN(C)CCCn1c(=O)c2c(C=O)[nH]nc2c2ccccc21. The molecule has 0 atom stereocenters. The molecular weight excluding hydrogens is 280 g/mol. The molecule has 0 saturated carbocycles. The number of aryl methyl sites for hydroxylation is 1. The first-order chi connectivity index (χ1) is 10.6. The quantitative estimate of drug-likeness (QED) is 0.727. The van der Waals surface area contributed by atoms with Crippen LogP contribution in [0.25, 0.3) is 21.8 Å². The van der Waals surface area contributed by atoms with Gasteiger partial charge in [0.1, 0.15) is 11.2 Å². The van der Waals surface area contributed by atoms with Crippen LogP contribution in [0.4, 0.5) is 0 Å². The van der Waals surface area contributed by atoms with E-state index in [4.69, 9.17) is 0 Å². The summed E-state index contributed by atoms with van der Waals surface area (Å²) in [4.78, 5) is 26.0. The van der Waals surface area contributed by atoms with Crippen LogP contribution in [0.15, 0.2) is 29.1 Å². The Bertz CT molecular complexity index is 892. The van der Waals surface area contributed by atoms with Crippen LogP contribution in [-0.4, -0.2) is 46.6 Å². The smallest absolute Gasteiger partial charge is 0.262 e. The Morgan fingerprint density at radius 2 is 2.09 bits per heavy atom. The fraction of sp³-hybridized carbons (Fsp3) is 0.312. The van der Waals surface area contributed by atoms with Crippen LogP contribution in [0.5, 0.6) is 0 Å². The van der Waals surface area contributed by atoms with E-state index in [0.717, 1.165) is 23.9 Å². The lowest BCUT2D eigenvalue weighted by molar-refractivity contribution is 0.112. The van der Waals surface area contributed by atoms with Crippen molar-refractivity contribution in [3.63, 3.8) is 0 Å². The number of hydrogen-bond acceptors (Lipinski definition) is 4. The Kier molecular flexibility index (Phi) is 3.77. The second kappa shape index (κ2) is 5.73. The van der Waals surface area contributed by atoms with E-state index < -0.39 is 0 Å². The molecule has 6 heteroatoms. The predicted molar refractivity (Wildman–Crippen MR) is 86.4 cm³/mol. The van der Waals surface area contributed by atoms with Gasteiger partial charge >= 0.3 is 0 Å².